The van der Waals surface area contributed by atoms with Crippen molar-refractivity contribution in [3.8, 4) is 0 Å². The number of aromatic nitrogens is 1. The second-order valence-corrected chi connectivity index (χ2v) is 17.0. The number of hydrogen-bond acceptors (Lipinski definition) is 8. The van der Waals surface area contributed by atoms with Gasteiger partial charge < -0.3 is 25.8 Å². The molecular formula is C40H58FN7O4S. The maximum absolute atomic E-state index is 13.7. The number of amides is 4. The van der Waals surface area contributed by atoms with Crippen molar-refractivity contribution in [2.45, 2.75) is 102 Å². The second kappa shape index (κ2) is 18.8. The predicted octanol–water partition coefficient (Wildman–Crippen LogP) is 4.26. The van der Waals surface area contributed by atoms with Crippen LogP contribution in [-0.2, 0) is 20.8 Å². The first-order valence-corrected chi connectivity index (χ1v) is 20.7. The molecule has 0 saturated carbocycles. The first kappa shape index (κ1) is 39.3. The molecule has 53 heavy (non-hydrogen) atoms. The Kier molecular flexibility index (Phi) is 13.9. The average Bonchev–Trinajstić information content (AvgIpc) is 3.51. The molecule has 3 fully saturated rings. The Morgan fingerprint density at radius 3 is 2.43 bits per heavy atom. The Hall–Kier alpha value is -3.42. The first-order valence-electron chi connectivity index (χ1n) is 19.9. The lowest BCUT2D eigenvalue weighted by Gasteiger charge is -2.45. The molecular weight excluding hydrogens is 694 g/mol. The van der Waals surface area contributed by atoms with Gasteiger partial charge in [0.05, 0.1) is 17.1 Å². The van der Waals surface area contributed by atoms with E-state index < -0.39 is 5.82 Å². The highest BCUT2D eigenvalue weighted by Crippen LogP contribution is 2.35. The minimum atomic E-state index is -0.390. The Balaban J connectivity index is 1.10. The summed E-state index contributed by atoms with van der Waals surface area (Å²) in [5.41, 5.74) is 1.18. The largest absolute Gasteiger partial charge is 0.356 e. The second-order valence-electron chi connectivity index (χ2n) is 15.8. The summed E-state index contributed by atoms with van der Waals surface area (Å²) >= 11 is 1.66. The summed E-state index contributed by atoms with van der Waals surface area (Å²) in [6.45, 7) is 8.69. The number of piperidine rings is 3. The van der Waals surface area contributed by atoms with Crippen LogP contribution in [0.15, 0.2) is 24.3 Å². The summed E-state index contributed by atoms with van der Waals surface area (Å²) < 4.78 is 13.3. The van der Waals surface area contributed by atoms with Crippen LogP contribution in [-0.4, -0.2) is 115 Å². The predicted molar refractivity (Wildman–Crippen MR) is 204 cm³/mol. The summed E-state index contributed by atoms with van der Waals surface area (Å²) in [6.07, 6.45) is 8.81. The quantitative estimate of drug-likeness (QED) is 0.361. The minimum absolute atomic E-state index is 0.0968. The van der Waals surface area contributed by atoms with Crippen LogP contribution in [0.25, 0.3) is 0 Å². The highest BCUT2D eigenvalue weighted by molar-refractivity contribution is 7.11. The van der Waals surface area contributed by atoms with Gasteiger partial charge in [0.25, 0.3) is 5.91 Å². The van der Waals surface area contributed by atoms with Crippen LogP contribution >= 0.6 is 11.3 Å². The number of carbonyl (C=O) groups is 4. The number of benzene rings is 1. The molecule has 0 aliphatic carbocycles. The van der Waals surface area contributed by atoms with Crippen molar-refractivity contribution < 1.29 is 23.6 Å². The van der Waals surface area contributed by atoms with E-state index in [0.717, 1.165) is 80.5 Å². The van der Waals surface area contributed by atoms with Crippen molar-refractivity contribution in [1.82, 2.24) is 35.6 Å². The fraction of sp³-hybridized carbons (Fsp3) is 0.675. The van der Waals surface area contributed by atoms with Crippen LogP contribution in [0, 0.1) is 24.6 Å². The highest BCUT2D eigenvalue weighted by Gasteiger charge is 2.36. The van der Waals surface area contributed by atoms with E-state index in [2.05, 4.69) is 37.7 Å². The summed E-state index contributed by atoms with van der Waals surface area (Å²) in [5, 5.41) is 10.2. The lowest BCUT2D eigenvalue weighted by Crippen LogP contribution is -2.51. The van der Waals surface area contributed by atoms with Crippen molar-refractivity contribution in [1.29, 1.82) is 0 Å². The standard InChI is InChI=1S/C40H58FN7O4S/c1-27-35-25-37(50)44-33(5-3-4-16-43-39(52)28-6-8-32(41)9-7-28)24-36(49)42-17-10-31-26-48(34-14-18-46(2)19-15-34)22-13-30(31)23-38(51)47-20-11-29(12-21-47)40(45-35)53-27/h6-9,29-31,33-34H,3-5,10-26H2,1-2H3,(H,42,49)(H,43,52)(H,44,50)/t30-,31-,33-/m0/s1. The van der Waals surface area contributed by atoms with Gasteiger partial charge in [0.15, 0.2) is 0 Å². The monoisotopic (exact) mass is 751 g/mol. The zero-order valence-electron chi connectivity index (χ0n) is 31.5. The van der Waals surface area contributed by atoms with Crippen molar-refractivity contribution in [2.24, 2.45) is 11.8 Å². The third kappa shape index (κ3) is 11.1. The SMILES string of the molecule is Cc1sc2nc1CC(=O)N[C@@H](CCCCNC(=O)c1ccc(F)cc1)CC(=O)NCC[C@H]1CN(C3CCN(C)CC3)CC[C@H]1CC(=O)N1CCC2CC1. The third-order valence-corrected chi connectivity index (χ3v) is 13.2. The number of nitrogens with one attached hydrogen (secondary N) is 3. The minimum Gasteiger partial charge on any atom is -0.356 e. The van der Waals surface area contributed by atoms with E-state index in [4.69, 9.17) is 4.98 Å². The van der Waals surface area contributed by atoms with Crippen LogP contribution in [0.3, 0.4) is 0 Å². The Bertz CT molecular complexity index is 1550. The van der Waals surface area contributed by atoms with Gasteiger partial charge in [-0.1, -0.05) is 0 Å². The van der Waals surface area contributed by atoms with E-state index in [9.17, 15) is 23.6 Å². The molecule has 2 aromatic rings. The van der Waals surface area contributed by atoms with Crippen LogP contribution in [0.4, 0.5) is 4.39 Å². The van der Waals surface area contributed by atoms with Gasteiger partial charge in [0.2, 0.25) is 17.7 Å². The maximum atomic E-state index is 13.7. The lowest BCUT2D eigenvalue weighted by atomic mass is 9.79. The first-order chi connectivity index (χ1) is 25.6. The number of aryl methyl sites for hydroxylation is 1. The fourth-order valence-corrected chi connectivity index (χ4v) is 9.79. The molecule has 4 amide bonds. The number of halogens is 1. The maximum Gasteiger partial charge on any atom is 0.251 e. The van der Waals surface area contributed by atoms with Crippen molar-refractivity contribution in [3.05, 3.63) is 51.2 Å². The molecule has 3 saturated heterocycles. The van der Waals surface area contributed by atoms with Crippen LogP contribution in [0.1, 0.15) is 102 Å². The van der Waals surface area contributed by atoms with Gasteiger partial charge >= 0.3 is 0 Å². The van der Waals surface area contributed by atoms with Crippen LogP contribution in [0.2, 0.25) is 0 Å². The molecule has 4 bridgehead atoms. The molecule has 5 aliphatic heterocycles. The van der Waals surface area contributed by atoms with Crippen molar-refractivity contribution >= 4 is 35.0 Å². The summed E-state index contributed by atoms with van der Waals surface area (Å²) in [5.74, 6) is 0.271. The molecule has 290 valence electrons. The Labute approximate surface area is 317 Å². The van der Waals surface area contributed by atoms with Gasteiger partial charge in [-0.3, -0.25) is 24.1 Å². The smallest absolute Gasteiger partial charge is 0.251 e. The fourth-order valence-electron chi connectivity index (χ4n) is 8.68. The van der Waals surface area contributed by atoms with Gasteiger partial charge in [-0.05, 0) is 127 Å². The van der Waals surface area contributed by atoms with Gasteiger partial charge in [0, 0.05) is 74.0 Å². The molecule has 5 aliphatic rings. The van der Waals surface area contributed by atoms with Crippen LogP contribution in [0.5, 0.6) is 0 Å². The number of nitrogens with zero attached hydrogens (tertiary/aromatic N) is 4. The van der Waals surface area contributed by atoms with Gasteiger partial charge in [0.1, 0.15) is 5.82 Å². The van der Waals surface area contributed by atoms with E-state index >= 15 is 0 Å². The molecule has 6 heterocycles. The normalized spacial score (nSPS) is 26.1. The van der Waals surface area contributed by atoms with Crippen molar-refractivity contribution in [3.63, 3.8) is 0 Å². The number of unbranched alkanes of at least 4 members (excludes halogenated alkanes) is 1. The summed E-state index contributed by atoms with van der Waals surface area (Å²) in [7, 11) is 2.19. The average molecular weight is 752 g/mol. The number of hydrogen-bond donors (Lipinski definition) is 3. The molecule has 1 aromatic heterocycles. The molecule has 7 rings (SSSR count). The van der Waals surface area contributed by atoms with Gasteiger partial charge in [-0.25, -0.2) is 9.37 Å². The zero-order chi connectivity index (χ0) is 37.3. The van der Waals surface area contributed by atoms with Crippen LogP contribution < -0.4 is 16.0 Å². The molecule has 11 nitrogen and oxygen atoms in total. The highest BCUT2D eigenvalue weighted by atomic mass is 32.1. The number of thiazole rings is 1. The molecule has 0 spiro atoms. The van der Waals surface area contributed by atoms with E-state index in [-0.39, 0.29) is 48.4 Å². The number of fused-ring (bicyclic) bond motifs is 11. The van der Waals surface area contributed by atoms with Gasteiger partial charge in [-0.2, -0.15) is 0 Å². The number of rotatable bonds is 7. The third-order valence-electron chi connectivity index (χ3n) is 12.0. The lowest BCUT2D eigenvalue weighted by molar-refractivity contribution is -0.134. The summed E-state index contributed by atoms with van der Waals surface area (Å²) in [4.78, 5) is 66.1. The molecule has 13 heteroatoms. The Morgan fingerprint density at radius 1 is 0.925 bits per heavy atom. The molecule has 3 N–H and O–H groups in total. The zero-order valence-corrected chi connectivity index (χ0v) is 32.4. The number of likely N-dealkylation sites (tertiary alicyclic amines) is 2. The number of carbonyl (C=O) groups excluding carboxylic acids is 4. The Morgan fingerprint density at radius 2 is 1.68 bits per heavy atom. The molecule has 0 unspecified atom stereocenters. The molecule has 0 radical (unpaired) electrons. The van der Waals surface area contributed by atoms with Gasteiger partial charge in [-0.15, -0.1) is 11.3 Å². The van der Waals surface area contributed by atoms with E-state index in [1.165, 1.54) is 37.1 Å². The van der Waals surface area contributed by atoms with E-state index in [1.54, 1.807) is 11.3 Å². The van der Waals surface area contributed by atoms with Crippen molar-refractivity contribution in [2.75, 3.05) is 59.4 Å². The topological polar surface area (TPSA) is 127 Å². The summed E-state index contributed by atoms with van der Waals surface area (Å²) in [6, 6.07) is 5.66. The molecule has 3 atom stereocenters. The van der Waals surface area contributed by atoms with E-state index in [0.29, 0.717) is 62.2 Å². The molecule has 1 aromatic carbocycles. The van der Waals surface area contributed by atoms with E-state index in [1.807, 2.05) is 6.92 Å².